The van der Waals surface area contributed by atoms with Crippen molar-refractivity contribution in [3.63, 3.8) is 0 Å². The third-order valence-corrected chi connectivity index (χ3v) is 16.4. The summed E-state index contributed by atoms with van der Waals surface area (Å²) in [5.41, 5.74) is 0.540. The van der Waals surface area contributed by atoms with Crippen LogP contribution in [0.25, 0.3) is 0 Å². The van der Waals surface area contributed by atoms with Crippen LogP contribution in [0.5, 0.6) is 0 Å². The molecular weight excluding hydrogens is 698 g/mol. The molecule has 6 aliphatic carbocycles. The highest BCUT2D eigenvalue weighted by Crippen LogP contribution is 3.06. The average Bonchev–Trinajstić information content (AvgIpc) is 3.18. The van der Waals surface area contributed by atoms with E-state index in [1.54, 1.807) is 6.42 Å². The Hall–Kier alpha value is -0.400. The molecule has 7 N–H and O–H groups in total. The maximum Gasteiger partial charge on any atom is 0.186 e. The van der Waals surface area contributed by atoms with Crippen LogP contribution in [-0.4, -0.2) is 112 Å². The number of unbranched alkanes of at least 4 members (excludes halogenated alkanes) is 18. The zero-order valence-electron chi connectivity index (χ0n) is 34.2. The molecule has 2 saturated heterocycles. The monoisotopic (exact) mass is 778 g/mol. The Labute approximate surface area is 331 Å². The fourth-order valence-corrected chi connectivity index (χ4v) is 13.4. The minimum atomic E-state index is -1.55. The van der Waals surface area contributed by atoms with Gasteiger partial charge in [0.2, 0.25) is 0 Å². The molecule has 10 heteroatoms. The summed E-state index contributed by atoms with van der Waals surface area (Å²) in [5.74, 6) is 8.44. The molecule has 8 rings (SSSR count). The molecule has 8 fully saturated rings. The van der Waals surface area contributed by atoms with Crippen LogP contribution in [0.15, 0.2) is 0 Å². The Morgan fingerprint density at radius 2 is 1.15 bits per heavy atom. The van der Waals surface area contributed by atoms with E-state index in [0.29, 0.717) is 19.6 Å². The minimum absolute atomic E-state index is 0.105. The number of aliphatic hydroxyl groups is 6. The molecule has 0 aromatic carbocycles. The van der Waals surface area contributed by atoms with Gasteiger partial charge in [0.05, 0.1) is 50.2 Å². The molecule has 8 aliphatic rings. The van der Waals surface area contributed by atoms with Gasteiger partial charge in [-0.1, -0.05) is 135 Å². The Morgan fingerprint density at radius 1 is 0.636 bits per heavy atom. The van der Waals surface area contributed by atoms with E-state index in [9.17, 15) is 30.6 Å². The minimum Gasteiger partial charge on any atom is -0.394 e. The van der Waals surface area contributed by atoms with Crippen molar-refractivity contribution in [2.75, 3.05) is 26.4 Å². The van der Waals surface area contributed by atoms with Gasteiger partial charge in [0.1, 0.15) is 24.4 Å². The second-order valence-corrected chi connectivity index (χ2v) is 19.6. The van der Waals surface area contributed by atoms with Gasteiger partial charge in [0.25, 0.3) is 0 Å². The van der Waals surface area contributed by atoms with E-state index in [0.717, 1.165) is 43.9 Å². The van der Waals surface area contributed by atoms with E-state index < -0.39 is 55.6 Å². The molecule has 5 unspecified atom stereocenters. The lowest BCUT2D eigenvalue weighted by atomic mass is 8.96. The molecule has 6 saturated carbocycles. The highest BCUT2D eigenvalue weighted by atomic mass is 16.7. The predicted octanol–water partition coefficient (Wildman–Crippen LogP) is 5.61. The first kappa shape index (κ1) is 42.7. The summed E-state index contributed by atoms with van der Waals surface area (Å²) in [5, 5.41) is 67.0. The maximum absolute atomic E-state index is 11.5. The SMILES string of the molecule is CCCCCCCCCCCCCC[C@@H](O)[C@@H](O)[C@H](COC1OC(CO)C(O)C(O)C1O)NC1(CCCCCCCCCCC23C4C5C6C4C2C6C53)COC1. The van der Waals surface area contributed by atoms with E-state index in [2.05, 4.69) is 12.2 Å². The van der Waals surface area contributed by atoms with Crippen molar-refractivity contribution in [1.29, 1.82) is 0 Å². The van der Waals surface area contributed by atoms with Gasteiger partial charge < -0.3 is 44.8 Å². The maximum atomic E-state index is 11.5. The van der Waals surface area contributed by atoms with E-state index >= 15 is 0 Å². The van der Waals surface area contributed by atoms with Crippen LogP contribution in [-0.2, 0) is 14.2 Å². The molecular formula is C45H79NO9. The number of nitrogens with one attached hydrogen (secondary N) is 1. The van der Waals surface area contributed by atoms with Gasteiger partial charge >= 0.3 is 0 Å². The van der Waals surface area contributed by atoms with E-state index in [-0.39, 0.29) is 12.1 Å². The first-order valence-electron chi connectivity index (χ1n) is 23.4. The topological polar surface area (TPSA) is 161 Å². The van der Waals surface area contributed by atoms with Crippen LogP contribution in [0.1, 0.15) is 155 Å². The fraction of sp³-hybridized carbons (Fsp3) is 1.00. The molecule has 55 heavy (non-hydrogen) atoms. The summed E-state index contributed by atoms with van der Waals surface area (Å²) < 4.78 is 17.2. The first-order valence-corrected chi connectivity index (χ1v) is 23.4. The summed E-state index contributed by atoms with van der Waals surface area (Å²) in [7, 11) is 0. The van der Waals surface area contributed by atoms with E-state index in [1.807, 2.05) is 0 Å². The lowest BCUT2D eigenvalue weighted by Crippen LogP contribution is -3.05. The Morgan fingerprint density at radius 3 is 1.65 bits per heavy atom. The highest BCUT2D eigenvalue weighted by molar-refractivity contribution is 5.49. The lowest BCUT2D eigenvalue weighted by molar-refractivity contribution is -0.616. The van der Waals surface area contributed by atoms with Gasteiger partial charge in [-0.05, 0) is 66.1 Å². The third kappa shape index (κ3) is 8.37. The number of hydrogen-bond acceptors (Lipinski definition) is 10. The van der Waals surface area contributed by atoms with E-state index in [1.165, 1.54) is 138 Å². The van der Waals surface area contributed by atoms with Gasteiger partial charge in [-0.15, -0.1) is 0 Å². The van der Waals surface area contributed by atoms with Crippen LogP contribution in [0.4, 0.5) is 0 Å². The lowest BCUT2D eigenvalue weighted by Gasteiger charge is -3.08. The number of aliphatic hydroxyl groups excluding tert-OH is 6. The van der Waals surface area contributed by atoms with Gasteiger partial charge in [0, 0.05) is 0 Å². The molecule has 10 nitrogen and oxygen atoms in total. The average molecular weight is 778 g/mol. The van der Waals surface area contributed by atoms with Crippen LogP contribution in [0.3, 0.4) is 0 Å². The third-order valence-electron chi connectivity index (χ3n) is 16.4. The smallest absolute Gasteiger partial charge is 0.186 e. The second-order valence-electron chi connectivity index (χ2n) is 19.6. The van der Waals surface area contributed by atoms with Crippen LogP contribution < -0.4 is 5.32 Å². The molecule has 0 amide bonds. The standard InChI is InChI=1S/C45H79NO9/c1-2-3-4-5-6-7-8-9-10-13-16-19-22-30(48)39(49)29(26-54-43-42(52)41(51)40(50)31(25-47)55-43)46-44(27-53-28-44)23-20-17-14-11-12-15-18-21-24-45-36-33-32-34(36)38(45)35(32)37(33)45/h29-43,46-52H,2-28H2,1H3/t29-,30+,31?,32?,33?,34?,35?,36?,37?,38?,39-,40?,41?,42?,43?,45?/m0/s1. The van der Waals surface area contributed by atoms with Crippen molar-refractivity contribution in [1.82, 2.24) is 5.32 Å². The Bertz CT molecular complexity index is 1120. The molecule has 2 heterocycles. The zero-order chi connectivity index (χ0) is 38.6. The summed E-state index contributed by atoms with van der Waals surface area (Å²) in [6.45, 7) is 2.63. The van der Waals surface area contributed by atoms with Crippen molar-refractivity contribution < 1.29 is 44.8 Å². The highest BCUT2D eigenvalue weighted by Gasteiger charge is 3.03. The Balaban J connectivity index is 0.791. The molecule has 2 aliphatic heterocycles. The summed E-state index contributed by atoms with van der Waals surface area (Å²) in [6, 6.07) is -0.684. The Kier molecular flexibility index (Phi) is 15.0. The number of ether oxygens (including phenoxy) is 3. The molecule has 0 aromatic rings. The van der Waals surface area contributed by atoms with Crippen molar-refractivity contribution >= 4 is 0 Å². The van der Waals surface area contributed by atoms with Gasteiger partial charge in [-0.25, -0.2) is 0 Å². The first-order chi connectivity index (χ1) is 26.8. The van der Waals surface area contributed by atoms with Crippen molar-refractivity contribution in [2.45, 2.75) is 209 Å². The fourth-order valence-electron chi connectivity index (χ4n) is 13.4. The quantitative estimate of drug-likeness (QED) is 0.0428. The number of rotatable bonds is 32. The molecule has 0 aromatic heterocycles. The van der Waals surface area contributed by atoms with Crippen molar-refractivity contribution in [3.05, 3.63) is 0 Å². The van der Waals surface area contributed by atoms with Gasteiger partial charge in [-0.2, -0.15) is 0 Å². The molecule has 0 spiro atoms. The second kappa shape index (κ2) is 19.3. The van der Waals surface area contributed by atoms with Crippen molar-refractivity contribution in [3.8, 4) is 0 Å². The van der Waals surface area contributed by atoms with E-state index in [4.69, 9.17) is 14.2 Å². The summed E-state index contributed by atoms with van der Waals surface area (Å²) in [4.78, 5) is 0. The van der Waals surface area contributed by atoms with Gasteiger partial charge in [-0.3, -0.25) is 5.32 Å². The summed E-state index contributed by atoms with van der Waals surface area (Å²) in [6.07, 6.45) is 18.9. The largest absolute Gasteiger partial charge is 0.394 e. The van der Waals surface area contributed by atoms with Crippen LogP contribution in [0.2, 0.25) is 0 Å². The molecule has 8 atom stereocenters. The predicted molar refractivity (Wildman–Crippen MR) is 211 cm³/mol. The normalized spacial score (nSPS) is 39.8. The van der Waals surface area contributed by atoms with Crippen molar-refractivity contribution in [2.24, 2.45) is 46.8 Å². The summed E-state index contributed by atoms with van der Waals surface area (Å²) >= 11 is 0. The van der Waals surface area contributed by atoms with Crippen LogP contribution >= 0.6 is 0 Å². The molecule has 0 bridgehead atoms. The number of hydrogen-bond donors (Lipinski definition) is 7. The zero-order valence-corrected chi connectivity index (χ0v) is 34.2. The molecule has 318 valence electrons. The van der Waals surface area contributed by atoms with Crippen LogP contribution in [0, 0.1) is 46.8 Å². The van der Waals surface area contributed by atoms with Gasteiger partial charge in [0.15, 0.2) is 6.29 Å². The molecule has 0 radical (unpaired) electrons.